The van der Waals surface area contributed by atoms with Crippen LogP contribution in [0.25, 0.3) is 0 Å². The van der Waals surface area contributed by atoms with Crippen molar-refractivity contribution < 1.29 is 14.3 Å². The molecule has 1 heterocycles. The first kappa shape index (κ1) is 15.4. The van der Waals surface area contributed by atoms with Crippen LogP contribution in [-0.2, 0) is 9.53 Å². The number of pyridine rings is 1. The van der Waals surface area contributed by atoms with Gasteiger partial charge >= 0.3 is 0 Å². The van der Waals surface area contributed by atoms with E-state index in [1.54, 1.807) is 26.2 Å². The summed E-state index contributed by atoms with van der Waals surface area (Å²) in [6.45, 7) is 2.65. The summed E-state index contributed by atoms with van der Waals surface area (Å²) < 4.78 is 9.22. The van der Waals surface area contributed by atoms with E-state index in [9.17, 15) is 4.79 Å². The van der Waals surface area contributed by atoms with Gasteiger partial charge in [-0.3, -0.25) is 4.79 Å². The molecule has 0 aromatic carbocycles. The van der Waals surface area contributed by atoms with Crippen molar-refractivity contribution >= 4 is 34.8 Å². The first-order valence-corrected chi connectivity index (χ1v) is 6.92. The molecule has 1 saturated carbocycles. The number of nitrogens with zero attached hydrogens (tertiary/aromatic N) is 1. The smallest absolute Gasteiger partial charge is 0.233 e. The minimum atomic E-state index is -0.978. The Labute approximate surface area is 127 Å². The van der Waals surface area contributed by atoms with Gasteiger partial charge in [0, 0.05) is 13.2 Å². The Bertz CT molecular complexity index is 493. The maximum atomic E-state index is 12.1. The third-order valence-corrected chi connectivity index (χ3v) is 4.39. The molecule has 5 nitrogen and oxygen atoms in total. The number of carbonyl (C=O) groups is 1. The molecule has 1 aliphatic rings. The molecule has 1 aromatic heterocycles. The van der Waals surface area contributed by atoms with Gasteiger partial charge in [-0.25, -0.2) is 4.98 Å². The van der Waals surface area contributed by atoms with Gasteiger partial charge in [0.25, 0.3) is 0 Å². The van der Waals surface area contributed by atoms with Crippen molar-refractivity contribution in [2.75, 3.05) is 25.6 Å². The molecule has 0 radical (unpaired) electrons. The first-order chi connectivity index (χ1) is 9.39. The molecule has 0 bridgehead atoms. The molecule has 0 saturated heterocycles. The van der Waals surface area contributed by atoms with Crippen molar-refractivity contribution in [3.63, 3.8) is 0 Å². The fraction of sp³-hybridized carbons (Fsp3) is 0.538. The highest BCUT2D eigenvalue weighted by molar-refractivity contribution is 6.53. The third kappa shape index (κ3) is 3.16. The summed E-state index contributed by atoms with van der Waals surface area (Å²) in [6, 6.07) is 3.39. The molecular weight excluding hydrogens is 303 g/mol. The summed E-state index contributed by atoms with van der Waals surface area (Å²) in [5.74, 6) is 0.263. The van der Waals surface area contributed by atoms with E-state index in [2.05, 4.69) is 10.3 Å². The Kier molecular flexibility index (Phi) is 4.42. The van der Waals surface area contributed by atoms with E-state index in [-0.39, 0.29) is 5.91 Å². The SMILES string of the molecule is COCCOc1ccc(NC(=O)[C@@]2(C)CC2(Cl)Cl)cn1. The molecule has 1 aliphatic carbocycles. The Hall–Kier alpha value is -1.04. The van der Waals surface area contributed by atoms with Crippen molar-refractivity contribution in [2.45, 2.75) is 17.7 Å². The number of carbonyl (C=O) groups excluding carboxylic acids is 1. The van der Waals surface area contributed by atoms with Gasteiger partial charge in [0.1, 0.15) is 10.9 Å². The summed E-state index contributed by atoms with van der Waals surface area (Å²) >= 11 is 11.9. The molecule has 110 valence electrons. The van der Waals surface area contributed by atoms with Crippen molar-refractivity contribution in [3.05, 3.63) is 18.3 Å². The molecule has 0 aliphatic heterocycles. The van der Waals surface area contributed by atoms with Gasteiger partial charge in [-0.2, -0.15) is 0 Å². The predicted octanol–water partition coefficient (Wildman–Crippen LogP) is 2.63. The monoisotopic (exact) mass is 318 g/mol. The number of nitrogens with one attached hydrogen (secondary N) is 1. The molecule has 7 heteroatoms. The van der Waals surface area contributed by atoms with Crippen LogP contribution in [0.15, 0.2) is 18.3 Å². The summed E-state index contributed by atoms with van der Waals surface area (Å²) in [4.78, 5) is 16.1. The van der Waals surface area contributed by atoms with Crippen molar-refractivity contribution in [2.24, 2.45) is 5.41 Å². The average Bonchev–Trinajstić information content (AvgIpc) is 2.92. The number of aromatic nitrogens is 1. The van der Waals surface area contributed by atoms with Crippen LogP contribution in [0.2, 0.25) is 0 Å². The van der Waals surface area contributed by atoms with Crippen LogP contribution in [0.4, 0.5) is 5.69 Å². The zero-order valence-corrected chi connectivity index (χ0v) is 12.8. The Balaban J connectivity index is 1.90. The number of anilines is 1. The van der Waals surface area contributed by atoms with Crippen LogP contribution in [0.1, 0.15) is 13.3 Å². The lowest BCUT2D eigenvalue weighted by molar-refractivity contribution is -0.120. The van der Waals surface area contributed by atoms with Crippen LogP contribution < -0.4 is 10.1 Å². The highest BCUT2D eigenvalue weighted by Gasteiger charge is 2.67. The van der Waals surface area contributed by atoms with Crippen molar-refractivity contribution in [3.8, 4) is 5.88 Å². The number of alkyl halides is 2. The molecule has 0 unspecified atom stereocenters. The van der Waals surface area contributed by atoms with Gasteiger partial charge in [-0.15, -0.1) is 23.2 Å². The number of hydrogen-bond acceptors (Lipinski definition) is 4. The lowest BCUT2D eigenvalue weighted by atomic mass is 10.1. The maximum absolute atomic E-state index is 12.1. The van der Waals surface area contributed by atoms with Crippen LogP contribution >= 0.6 is 23.2 Å². The molecule has 2 rings (SSSR count). The second-order valence-corrected chi connectivity index (χ2v) is 6.38. The molecule has 0 spiro atoms. The minimum absolute atomic E-state index is 0.211. The molecular formula is C13H16Cl2N2O3. The van der Waals surface area contributed by atoms with Crippen LogP contribution in [0.5, 0.6) is 5.88 Å². The van der Waals surface area contributed by atoms with E-state index in [0.717, 1.165) is 0 Å². The largest absolute Gasteiger partial charge is 0.475 e. The van der Waals surface area contributed by atoms with Gasteiger partial charge in [0.15, 0.2) is 0 Å². The fourth-order valence-corrected chi connectivity index (χ4v) is 2.39. The van der Waals surface area contributed by atoms with Crippen molar-refractivity contribution in [1.82, 2.24) is 4.98 Å². The van der Waals surface area contributed by atoms with Gasteiger partial charge in [-0.05, 0) is 19.4 Å². The lowest BCUT2D eigenvalue weighted by Gasteiger charge is -2.12. The lowest BCUT2D eigenvalue weighted by Crippen LogP contribution is -2.25. The summed E-state index contributed by atoms with van der Waals surface area (Å²) in [5, 5.41) is 2.74. The number of methoxy groups -OCH3 is 1. The molecule has 20 heavy (non-hydrogen) atoms. The summed E-state index contributed by atoms with van der Waals surface area (Å²) in [7, 11) is 1.60. The highest BCUT2D eigenvalue weighted by Crippen LogP contribution is 2.64. The van der Waals surface area contributed by atoms with Crippen molar-refractivity contribution in [1.29, 1.82) is 0 Å². The summed E-state index contributed by atoms with van der Waals surface area (Å²) in [6.07, 6.45) is 1.97. The van der Waals surface area contributed by atoms with E-state index in [1.807, 2.05) is 0 Å². The van der Waals surface area contributed by atoms with Gasteiger partial charge in [-0.1, -0.05) is 0 Å². The Morgan fingerprint density at radius 3 is 2.65 bits per heavy atom. The van der Waals surface area contributed by atoms with Gasteiger partial charge < -0.3 is 14.8 Å². The highest BCUT2D eigenvalue weighted by atomic mass is 35.5. The molecule has 1 amide bonds. The molecule has 1 fully saturated rings. The number of amides is 1. The minimum Gasteiger partial charge on any atom is -0.475 e. The first-order valence-electron chi connectivity index (χ1n) is 6.16. The zero-order chi connectivity index (χ0) is 14.8. The zero-order valence-electron chi connectivity index (χ0n) is 11.3. The van der Waals surface area contributed by atoms with Gasteiger partial charge in [0.05, 0.1) is 23.9 Å². The number of hydrogen-bond donors (Lipinski definition) is 1. The second kappa shape index (κ2) is 5.76. The average molecular weight is 319 g/mol. The van der Waals surface area contributed by atoms with E-state index in [0.29, 0.717) is 31.2 Å². The predicted molar refractivity (Wildman–Crippen MR) is 77.4 cm³/mol. The quantitative estimate of drug-likeness (QED) is 0.647. The van der Waals surface area contributed by atoms with Gasteiger partial charge in [0.2, 0.25) is 11.8 Å². The van der Waals surface area contributed by atoms with E-state index >= 15 is 0 Å². The Morgan fingerprint density at radius 2 is 2.15 bits per heavy atom. The normalized spacial score (nSPS) is 23.2. The summed E-state index contributed by atoms with van der Waals surface area (Å²) in [5.41, 5.74) is -0.171. The van der Waals surface area contributed by atoms with Crippen LogP contribution in [0, 0.1) is 5.41 Å². The third-order valence-electron chi connectivity index (χ3n) is 3.29. The second-order valence-electron chi connectivity index (χ2n) is 4.89. The molecule has 1 N–H and O–H groups in total. The topological polar surface area (TPSA) is 60.5 Å². The fourth-order valence-electron chi connectivity index (χ4n) is 1.68. The maximum Gasteiger partial charge on any atom is 0.233 e. The number of halogens is 2. The van der Waals surface area contributed by atoms with E-state index < -0.39 is 9.75 Å². The number of rotatable bonds is 6. The van der Waals surface area contributed by atoms with Crippen LogP contribution in [-0.4, -0.2) is 35.5 Å². The molecule has 1 aromatic rings. The van der Waals surface area contributed by atoms with Crippen LogP contribution in [0.3, 0.4) is 0 Å². The Morgan fingerprint density at radius 1 is 1.45 bits per heavy atom. The standard InChI is InChI=1S/C13H16Cl2N2O3/c1-12(8-13(12,14)15)11(18)17-9-3-4-10(16-7-9)20-6-5-19-2/h3-4,7H,5-6,8H2,1-2H3,(H,17,18)/t12-/m1/s1. The van der Waals surface area contributed by atoms with E-state index in [4.69, 9.17) is 32.7 Å². The molecule has 1 atom stereocenters. The van der Waals surface area contributed by atoms with E-state index in [1.165, 1.54) is 6.20 Å². The number of ether oxygens (including phenoxy) is 2.